The highest BCUT2D eigenvalue weighted by atomic mass is 16.5. The van der Waals surface area contributed by atoms with Gasteiger partial charge in [0.05, 0.1) is 11.7 Å². The first-order chi connectivity index (χ1) is 8.35. The normalized spacial score (nSPS) is 25.2. The average Bonchev–Trinajstić information content (AvgIpc) is 2.54. The Kier molecular flexibility index (Phi) is 5.30. The van der Waals surface area contributed by atoms with E-state index in [0.29, 0.717) is 6.10 Å². The predicted octanol–water partition coefficient (Wildman–Crippen LogP) is 3.65. The van der Waals surface area contributed by atoms with Crippen LogP contribution in [-0.4, -0.2) is 24.8 Å². The zero-order valence-corrected chi connectivity index (χ0v) is 11.5. The van der Waals surface area contributed by atoms with Crippen molar-refractivity contribution in [1.82, 2.24) is 5.32 Å². The number of nitrogens with one attached hydrogen (secondary N) is 1. The van der Waals surface area contributed by atoms with Crippen LogP contribution in [0.15, 0.2) is 0 Å². The fraction of sp³-hybridized carbons (Fsp3) is 1.00. The molecule has 1 N–H and O–H groups in total. The maximum atomic E-state index is 6.50. The van der Waals surface area contributed by atoms with E-state index < -0.39 is 0 Å². The van der Waals surface area contributed by atoms with Crippen LogP contribution in [0, 0.1) is 0 Å². The van der Waals surface area contributed by atoms with Gasteiger partial charge in [-0.1, -0.05) is 32.6 Å². The van der Waals surface area contributed by atoms with Gasteiger partial charge in [-0.15, -0.1) is 0 Å². The highest BCUT2D eigenvalue weighted by molar-refractivity contribution is 4.91. The van der Waals surface area contributed by atoms with Crippen LogP contribution in [-0.2, 0) is 4.74 Å². The minimum absolute atomic E-state index is 0.261. The SMILES string of the molecule is CCNCCC1(OC2CCCCCC2)CCC1. The fourth-order valence-electron chi connectivity index (χ4n) is 3.20. The molecule has 2 fully saturated rings. The summed E-state index contributed by atoms with van der Waals surface area (Å²) in [5, 5.41) is 3.44. The molecular weight excluding hydrogens is 210 g/mol. The van der Waals surface area contributed by atoms with E-state index in [4.69, 9.17) is 4.74 Å². The molecule has 0 unspecified atom stereocenters. The van der Waals surface area contributed by atoms with Crippen molar-refractivity contribution in [2.45, 2.75) is 82.8 Å². The lowest BCUT2D eigenvalue weighted by Crippen LogP contribution is -2.45. The number of hydrogen-bond acceptors (Lipinski definition) is 2. The van der Waals surface area contributed by atoms with E-state index in [1.807, 2.05) is 0 Å². The van der Waals surface area contributed by atoms with Crippen molar-refractivity contribution in [3.63, 3.8) is 0 Å². The minimum atomic E-state index is 0.261. The lowest BCUT2D eigenvalue weighted by molar-refractivity contribution is -0.146. The average molecular weight is 239 g/mol. The third kappa shape index (κ3) is 3.96. The van der Waals surface area contributed by atoms with Gasteiger partial charge < -0.3 is 10.1 Å². The topological polar surface area (TPSA) is 21.3 Å². The summed E-state index contributed by atoms with van der Waals surface area (Å²) >= 11 is 0. The molecule has 0 heterocycles. The molecule has 0 radical (unpaired) electrons. The Morgan fingerprint density at radius 3 is 2.29 bits per heavy atom. The fourth-order valence-corrected chi connectivity index (χ4v) is 3.20. The van der Waals surface area contributed by atoms with E-state index in [-0.39, 0.29) is 5.60 Å². The predicted molar refractivity (Wildman–Crippen MR) is 72.3 cm³/mol. The molecule has 0 aromatic rings. The standard InChI is InChI=1S/C15H29NO/c1-2-16-13-12-15(10-7-11-15)17-14-8-5-3-4-6-9-14/h14,16H,2-13H2,1H3. The summed E-state index contributed by atoms with van der Waals surface area (Å²) in [5.41, 5.74) is 0.261. The molecule has 2 aliphatic rings. The third-order valence-corrected chi connectivity index (χ3v) is 4.49. The lowest BCUT2D eigenvalue weighted by atomic mass is 9.77. The Labute approximate surface area is 107 Å². The third-order valence-electron chi connectivity index (χ3n) is 4.49. The summed E-state index contributed by atoms with van der Waals surface area (Å²) in [6, 6.07) is 0. The van der Waals surface area contributed by atoms with Crippen LogP contribution in [0.25, 0.3) is 0 Å². The second-order valence-corrected chi connectivity index (χ2v) is 5.87. The minimum Gasteiger partial charge on any atom is -0.372 e. The van der Waals surface area contributed by atoms with Crippen molar-refractivity contribution >= 4 is 0 Å². The molecule has 2 saturated carbocycles. The van der Waals surface area contributed by atoms with Crippen LogP contribution in [0.2, 0.25) is 0 Å². The molecule has 2 heteroatoms. The quantitative estimate of drug-likeness (QED) is 0.564. The van der Waals surface area contributed by atoms with Crippen LogP contribution >= 0.6 is 0 Å². The molecule has 2 aliphatic carbocycles. The highest BCUT2D eigenvalue weighted by Gasteiger charge is 2.39. The van der Waals surface area contributed by atoms with Crippen LogP contribution in [0.1, 0.15) is 71.1 Å². The van der Waals surface area contributed by atoms with Crippen molar-refractivity contribution < 1.29 is 4.74 Å². The van der Waals surface area contributed by atoms with Crippen LogP contribution < -0.4 is 5.32 Å². The molecule has 0 saturated heterocycles. The summed E-state index contributed by atoms with van der Waals surface area (Å²) in [6.45, 7) is 4.39. The summed E-state index contributed by atoms with van der Waals surface area (Å²) in [7, 11) is 0. The van der Waals surface area contributed by atoms with Gasteiger partial charge in [0, 0.05) is 0 Å². The maximum Gasteiger partial charge on any atom is 0.0698 e. The monoisotopic (exact) mass is 239 g/mol. The molecule has 0 amide bonds. The molecule has 2 nitrogen and oxygen atoms in total. The lowest BCUT2D eigenvalue weighted by Gasteiger charge is -2.44. The molecule has 100 valence electrons. The highest BCUT2D eigenvalue weighted by Crippen LogP contribution is 2.41. The van der Waals surface area contributed by atoms with Crippen molar-refractivity contribution in [3.8, 4) is 0 Å². The van der Waals surface area contributed by atoms with Gasteiger partial charge in [-0.3, -0.25) is 0 Å². The van der Waals surface area contributed by atoms with Gasteiger partial charge in [0.1, 0.15) is 0 Å². The molecule has 0 spiro atoms. The molecule has 0 aromatic carbocycles. The van der Waals surface area contributed by atoms with E-state index in [9.17, 15) is 0 Å². The van der Waals surface area contributed by atoms with Crippen molar-refractivity contribution in [2.75, 3.05) is 13.1 Å². The van der Waals surface area contributed by atoms with E-state index >= 15 is 0 Å². The van der Waals surface area contributed by atoms with Crippen LogP contribution in [0.5, 0.6) is 0 Å². The Bertz CT molecular complexity index is 205. The first-order valence-electron chi connectivity index (χ1n) is 7.73. The van der Waals surface area contributed by atoms with Gasteiger partial charge in [-0.05, 0) is 51.6 Å². The van der Waals surface area contributed by atoms with E-state index in [0.717, 1.165) is 13.1 Å². The molecular formula is C15H29NO. The first kappa shape index (κ1) is 13.4. The molecule has 0 atom stereocenters. The smallest absolute Gasteiger partial charge is 0.0698 e. The second kappa shape index (κ2) is 6.75. The van der Waals surface area contributed by atoms with Gasteiger partial charge in [0.25, 0.3) is 0 Å². The van der Waals surface area contributed by atoms with Crippen molar-refractivity contribution in [1.29, 1.82) is 0 Å². The Morgan fingerprint density at radius 2 is 1.76 bits per heavy atom. The summed E-state index contributed by atoms with van der Waals surface area (Å²) in [5.74, 6) is 0. The van der Waals surface area contributed by atoms with Crippen LogP contribution in [0.4, 0.5) is 0 Å². The first-order valence-corrected chi connectivity index (χ1v) is 7.73. The van der Waals surface area contributed by atoms with E-state index in [2.05, 4.69) is 12.2 Å². The maximum absolute atomic E-state index is 6.50. The Balaban J connectivity index is 1.76. The molecule has 0 aromatic heterocycles. The summed E-state index contributed by atoms with van der Waals surface area (Å²) in [6.07, 6.45) is 14.0. The molecule has 2 rings (SSSR count). The van der Waals surface area contributed by atoms with Gasteiger partial charge >= 0.3 is 0 Å². The van der Waals surface area contributed by atoms with Crippen molar-refractivity contribution in [2.24, 2.45) is 0 Å². The van der Waals surface area contributed by atoms with Gasteiger partial charge in [-0.2, -0.15) is 0 Å². The molecule has 0 bridgehead atoms. The number of ether oxygens (including phenoxy) is 1. The number of hydrogen-bond donors (Lipinski definition) is 1. The Morgan fingerprint density at radius 1 is 1.06 bits per heavy atom. The zero-order chi connectivity index (χ0) is 12.0. The summed E-state index contributed by atoms with van der Waals surface area (Å²) in [4.78, 5) is 0. The van der Waals surface area contributed by atoms with Gasteiger partial charge in [0.2, 0.25) is 0 Å². The largest absolute Gasteiger partial charge is 0.372 e. The molecule has 0 aliphatic heterocycles. The van der Waals surface area contributed by atoms with Gasteiger partial charge in [-0.25, -0.2) is 0 Å². The zero-order valence-electron chi connectivity index (χ0n) is 11.5. The summed E-state index contributed by atoms with van der Waals surface area (Å²) < 4.78 is 6.50. The Hall–Kier alpha value is -0.0800. The van der Waals surface area contributed by atoms with E-state index in [1.165, 1.54) is 64.2 Å². The second-order valence-electron chi connectivity index (χ2n) is 5.87. The number of rotatable bonds is 6. The van der Waals surface area contributed by atoms with Crippen LogP contribution in [0.3, 0.4) is 0 Å². The molecule has 17 heavy (non-hydrogen) atoms. The van der Waals surface area contributed by atoms with E-state index in [1.54, 1.807) is 0 Å². The van der Waals surface area contributed by atoms with Gasteiger partial charge in [0.15, 0.2) is 0 Å². The van der Waals surface area contributed by atoms with Crippen molar-refractivity contribution in [3.05, 3.63) is 0 Å².